The van der Waals surface area contributed by atoms with Gasteiger partial charge in [0.2, 0.25) is 10.0 Å². The minimum absolute atomic E-state index is 0.0932. The van der Waals surface area contributed by atoms with E-state index in [1.54, 1.807) is 17.8 Å². The molecule has 4 rings (SSSR count). The fourth-order valence-corrected chi connectivity index (χ4v) is 6.21. The molecule has 1 aromatic carbocycles. The Labute approximate surface area is 229 Å². The number of carboxylic acid groups (broad SMARTS) is 1. The van der Waals surface area contributed by atoms with Gasteiger partial charge < -0.3 is 9.84 Å². The van der Waals surface area contributed by atoms with Crippen LogP contribution in [0.2, 0.25) is 0 Å². The van der Waals surface area contributed by atoms with E-state index in [-0.39, 0.29) is 29.2 Å². The lowest BCUT2D eigenvalue weighted by Gasteiger charge is -2.25. The number of carbonyl (C=O) groups is 1. The third kappa shape index (κ3) is 6.61. The highest BCUT2D eigenvalue weighted by atomic mass is 32.2. The highest BCUT2D eigenvalue weighted by molar-refractivity contribution is 7.89. The number of carboxylic acids is 1. The zero-order valence-corrected chi connectivity index (χ0v) is 22.8. The third-order valence-electron chi connectivity index (χ3n) is 6.85. The highest BCUT2D eigenvalue weighted by Gasteiger charge is 2.38. The Morgan fingerprint density at radius 3 is 2.67 bits per heavy atom. The van der Waals surface area contributed by atoms with Gasteiger partial charge in [-0.1, -0.05) is 24.3 Å². The number of aryl methyl sites for hydroxylation is 2. The highest BCUT2D eigenvalue weighted by Crippen LogP contribution is 2.38. The summed E-state index contributed by atoms with van der Waals surface area (Å²) in [6.07, 6.45) is -0.346. The molecule has 40 heavy (non-hydrogen) atoms. The molecule has 0 bridgehead atoms. The molecule has 10 nitrogen and oxygen atoms in total. The van der Waals surface area contributed by atoms with Gasteiger partial charge in [-0.25, -0.2) is 8.42 Å². The molecule has 216 valence electrons. The van der Waals surface area contributed by atoms with Crippen molar-refractivity contribution in [1.82, 2.24) is 24.3 Å². The Hall–Kier alpha value is -3.52. The summed E-state index contributed by atoms with van der Waals surface area (Å²) in [5.74, 6) is -1.65. The standard InChI is InChI=1S/C26H30F3N5O5S/c1-3-21-16-34(40(37,38)24-13-30-10-9-23(24)39-21)14-19-11-17(6-8-22(19)26(27,28)29)18(12-25(35)36)5-7-20-15-33(4-2)32-31-20/h6,8-11,13,15,18,21H,3-5,7,12,14,16H2,1-2H3,(H,35,36). The van der Waals surface area contributed by atoms with Crippen molar-refractivity contribution in [3.8, 4) is 5.75 Å². The number of ether oxygens (including phenoxy) is 1. The molecule has 1 aliphatic rings. The number of benzene rings is 1. The summed E-state index contributed by atoms with van der Waals surface area (Å²) in [6, 6.07) is 4.83. The van der Waals surface area contributed by atoms with Crippen LogP contribution in [0, 0.1) is 0 Å². The molecule has 0 radical (unpaired) electrons. The van der Waals surface area contributed by atoms with Crippen molar-refractivity contribution < 1.29 is 36.2 Å². The second-order valence-corrected chi connectivity index (χ2v) is 11.5. The van der Waals surface area contributed by atoms with Crippen LogP contribution >= 0.6 is 0 Å². The van der Waals surface area contributed by atoms with E-state index in [2.05, 4.69) is 15.3 Å². The maximum atomic E-state index is 14.1. The minimum atomic E-state index is -4.76. The largest absolute Gasteiger partial charge is 0.488 e. The van der Waals surface area contributed by atoms with Crippen LogP contribution in [0.15, 0.2) is 47.8 Å². The van der Waals surface area contributed by atoms with Gasteiger partial charge in [0.25, 0.3) is 0 Å². The molecule has 0 saturated heterocycles. The maximum absolute atomic E-state index is 14.1. The summed E-state index contributed by atoms with van der Waals surface area (Å²) in [7, 11) is -4.25. The minimum Gasteiger partial charge on any atom is -0.488 e. The van der Waals surface area contributed by atoms with Crippen LogP contribution in [0.3, 0.4) is 0 Å². The zero-order valence-electron chi connectivity index (χ0n) is 22.0. The maximum Gasteiger partial charge on any atom is 0.416 e. The molecule has 0 fully saturated rings. The Morgan fingerprint density at radius 2 is 2.02 bits per heavy atom. The van der Waals surface area contributed by atoms with Gasteiger partial charge in [-0.2, -0.15) is 17.5 Å². The van der Waals surface area contributed by atoms with Gasteiger partial charge in [0.05, 0.1) is 30.4 Å². The average molecular weight is 582 g/mol. The number of fused-ring (bicyclic) bond motifs is 1. The van der Waals surface area contributed by atoms with E-state index in [9.17, 15) is 31.5 Å². The molecule has 0 aliphatic carbocycles. The molecular formula is C26H30F3N5O5S. The number of alkyl halides is 3. The molecule has 1 N–H and O–H groups in total. The van der Waals surface area contributed by atoms with E-state index in [1.165, 1.54) is 24.4 Å². The molecule has 3 heterocycles. The van der Waals surface area contributed by atoms with Crippen molar-refractivity contribution in [2.75, 3.05) is 6.54 Å². The summed E-state index contributed by atoms with van der Waals surface area (Å²) in [4.78, 5) is 15.3. The monoisotopic (exact) mass is 581 g/mol. The number of aliphatic carboxylic acids is 1. The molecule has 0 spiro atoms. The van der Waals surface area contributed by atoms with Gasteiger partial charge >= 0.3 is 12.1 Å². The Morgan fingerprint density at radius 1 is 1.25 bits per heavy atom. The predicted octanol–water partition coefficient (Wildman–Crippen LogP) is 4.26. The van der Waals surface area contributed by atoms with Crippen molar-refractivity contribution in [2.24, 2.45) is 0 Å². The van der Waals surface area contributed by atoms with E-state index < -0.39 is 46.3 Å². The van der Waals surface area contributed by atoms with E-state index >= 15 is 0 Å². The molecule has 2 atom stereocenters. The second-order valence-electron chi connectivity index (χ2n) is 9.58. The number of hydrogen-bond acceptors (Lipinski definition) is 7. The first-order chi connectivity index (χ1) is 18.9. The fraction of sp³-hybridized carbons (Fsp3) is 0.462. The van der Waals surface area contributed by atoms with E-state index in [0.29, 0.717) is 37.1 Å². The molecule has 2 unspecified atom stereocenters. The van der Waals surface area contributed by atoms with E-state index in [1.807, 2.05) is 6.92 Å². The van der Waals surface area contributed by atoms with Crippen molar-refractivity contribution >= 4 is 16.0 Å². The quantitative estimate of drug-likeness (QED) is 0.376. The molecule has 14 heteroatoms. The first-order valence-corrected chi connectivity index (χ1v) is 14.3. The van der Waals surface area contributed by atoms with Crippen LogP contribution in [-0.2, 0) is 40.5 Å². The smallest absolute Gasteiger partial charge is 0.416 e. The lowest BCUT2D eigenvalue weighted by molar-refractivity contribution is -0.139. The zero-order chi connectivity index (χ0) is 29.1. The summed E-state index contributed by atoms with van der Waals surface area (Å²) < 4.78 is 77.8. The molecular weight excluding hydrogens is 551 g/mol. The topological polar surface area (TPSA) is 128 Å². The van der Waals surface area contributed by atoms with Crippen LogP contribution in [-0.4, -0.2) is 56.4 Å². The predicted molar refractivity (Wildman–Crippen MR) is 137 cm³/mol. The summed E-state index contributed by atoms with van der Waals surface area (Å²) >= 11 is 0. The Kier molecular flexibility index (Phi) is 8.78. The van der Waals surface area contributed by atoms with Gasteiger partial charge in [0.1, 0.15) is 16.7 Å². The molecule has 3 aromatic rings. The summed E-state index contributed by atoms with van der Waals surface area (Å²) in [5, 5.41) is 17.5. The normalized spacial score (nSPS) is 18.0. The number of hydrogen-bond donors (Lipinski definition) is 1. The van der Waals surface area contributed by atoms with Crippen LogP contribution in [0.25, 0.3) is 0 Å². The SMILES string of the molecule is CCC1CN(Cc2cc(C(CCc3cn(CC)nn3)CC(=O)O)ccc2C(F)(F)F)S(=O)(=O)c2cnccc2O1. The Bertz CT molecular complexity index is 1460. The number of aromatic nitrogens is 4. The van der Waals surface area contributed by atoms with Crippen LogP contribution in [0.1, 0.15) is 61.4 Å². The van der Waals surface area contributed by atoms with Gasteiger partial charge in [-0.15, -0.1) is 5.10 Å². The van der Waals surface area contributed by atoms with Crippen molar-refractivity contribution in [3.63, 3.8) is 0 Å². The summed E-state index contributed by atoms with van der Waals surface area (Å²) in [6.45, 7) is 3.55. The summed E-state index contributed by atoms with van der Waals surface area (Å²) in [5.41, 5.74) is -0.261. The fourth-order valence-electron chi connectivity index (χ4n) is 4.69. The lowest BCUT2D eigenvalue weighted by atomic mass is 9.88. The molecule has 1 aliphatic heterocycles. The molecule has 0 amide bonds. The van der Waals surface area contributed by atoms with Gasteiger partial charge in [0, 0.05) is 25.5 Å². The van der Waals surface area contributed by atoms with Crippen molar-refractivity contribution in [2.45, 2.75) is 75.7 Å². The van der Waals surface area contributed by atoms with Crippen molar-refractivity contribution in [1.29, 1.82) is 0 Å². The lowest BCUT2D eigenvalue weighted by Crippen LogP contribution is -2.37. The average Bonchev–Trinajstić information content (AvgIpc) is 3.33. The van der Waals surface area contributed by atoms with Gasteiger partial charge in [0.15, 0.2) is 0 Å². The number of halogens is 3. The number of nitrogens with zero attached hydrogens (tertiary/aromatic N) is 5. The molecule has 2 aromatic heterocycles. The number of pyridine rings is 1. The first-order valence-electron chi connectivity index (χ1n) is 12.8. The van der Waals surface area contributed by atoms with E-state index in [4.69, 9.17) is 4.74 Å². The molecule has 0 saturated carbocycles. The van der Waals surface area contributed by atoms with Crippen LogP contribution in [0.5, 0.6) is 5.75 Å². The number of sulfonamides is 1. The van der Waals surface area contributed by atoms with Gasteiger partial charge in [-0.3, -0.25) is 14.5 Å². The first kappa shape index (κ1) is 29.5. The van der Waals surface area contributed by atoms with Crippen LogP contribution < -0.4 is 4.74 Å². The Balaban J connectivity index is 1.71. The number of rotatable bonds is 10. The van der Waals surface area contributed by atoms with Crippen molar-refractivity contribution in [3.05, 3.63) is 65.2 Å². The van der Waals surface area contributed by atoms with E-state index in [0.717, 1.165) is 16.6 Å². The third-order valence-corrected chi connectivity index (χ3v) is 8.67. The second kappa shape index (κ2) is 11.9. The van der Waals surface area contributed by atoms with Gasteiger partial charge in [-0.05, 0) is 55.4 Å². The van der Waals surface area contributed by atoms with Crippen LogP contribution in [0.4, 0.5) is 13.2 Å².